The highest BCUT2D eigenvalue weighted by molar-refractivity contribution is 7.15. The van der Waals surface area contributed by atoms with Crippen LogP contribution in [-0.4, -0.2) is 47.9 Å². The zero-order chi connectivity index (χ0) is 20.8. The van der Waals surface area contributed by atoms with Gasteiger partial charge in [-0.15, -0.1) is 11.3 Å². The molecule has 1 fully saturated rings. The van der Waals surface area contributed by atoms with Crippen LogP contribution in [0.5, 0.6) is 0 Å². The molecule has 5 nitrogen and oxygen atoms in total. The number of nitrogens with zero attached hydrogens (tertiary/aromatic N) is 2. The second-order valence-electron chi connectivity index (χ2n) is 8.46. The summed E-state index contributed by atoms with van der Waals surface area (Å²) in [6.45, 7) is 11.4. The molecule has 1 atom stereocenters. The highest BCUT2D eigenvalue weighted by Gasteiger charge is 2.25. The minimum Gasteiger partial charge on any atom is -0.379 e. The van der Waals surface area contributed by atoms with Gasteiger partial charge in [0.25, 0.3) is 0 Å². The van der Waals surface area contributed by atoms with Crippen molar-refractivity contribution in [2.45, 2.75) is 39.8 Å². The van der Waals surface area contributed by atoms with Gasteiger partial charge in [0, 0.05) is 70.5 Å². The van der Waals surface area contributed by atoms with Gasteiger partial charge in [0.05, 0.1) is 13.2 Å². The molecule has 6 heteroatoms. The highest BCUT2D eigenvalue weighted by atomic mass is 32.1. The molecule has 0 saturated carbocycles. The van der Waals surface area contributed by atoms with Crippen LogP contribution in [0.2, 0.25) is 0 Å². The maximum absolute atomic E-state index is 12.4. The summed E-state index contributed by atoms with van der Waals surface area (Å²) in [6.07, 6.45) is 3.38. The molecular formula is C24H29N3O2S. The van der Waals surface area contributed by atoms with Crippen LogP contribution in [0.25, 0.3) is 16.0 Å². The van der Waals surface area contributed by atoms with Gasteiger partial charge in [0.15, 0.2) is 5.78 Å². The van der Waals surface area contributed by atoms with Crippen molar-refractivity contribution in [1.82, 2.24) is 14.6 Å². The lowest BCUT2D eigenvalue weighted by Crippen LogP contribution is -2.39. The van der Waals surface area contributed by atoms with E-state index in [0.29, 0.717) is 0 Å². The standard InChI is InChI=1S/C24H29N3O2S/c1-15-21(17(3)28)12-20-10-19(23-11-18-13-25-5-4-22(18)30-23)14-27(20)24(15)16(2)26-6-8-29-9-7-26/h10-12,14,16,25H,4-9,13H2,1-3H3. The van der Waals surface area contributed by atoms with Crippen LogP contribution in [0.15, 0.2) is 24.4 Å². The van der Waals surface area contributed by atoms with Crippen molar-refractivity contribution in [3.8, 4) is 10.4 Å². The van der Waals surface area contributed by atoms with Crippen molar-refractivity contribution in [3.05, 3.63) is 51.7 Å². The third-order valence-electron chi connectivity index (χ3n) is 6.58. The van der Waals surface area contributed by atoms with Crippen LogP contribution in [0, 0.1) is 6.92 Å². The van der Waals surface area contributed by atoms with E-state index in [2.05, 4.69) is 52.9 Å². The van der Waals surface area contributed by atoms with Gasteiger partial charge in [0.1, 0.15) is 0 Å². The minimum atomic E-state index is 0.130. The maximum Gasteiger partial charge on any atom is 0.160 e. The van der Waals surface area contributed by atoms with Gasteiger partial charge in [-0.3, -0.25) is 9.69 Å². The summed E-state index contributed by atoms with van der Waals surface area (Å²) in [5, 5.41) is 3.47. The van der Waals surface area contributed by atoms with Gasteiger partial charge in [-0.25, -0.2) is 0 Å². The van der Waals surface area contributed by atoms with E-state index in [0.717, 1.165) is 62.5 Å². The number of nitrogens with one attached hydrogen (secondary N) is 1. The molecule has 0 spiro atoms. The molecule has 0 aliphatic carbocycles. The van der Waals surface area contributed by atoms with Crippen molar-refractivity contribution < 1.29 is 9.53 Å². The van der Waals surface area contributed by atoms with Crippen molar-refractivity contribution in [1.29, 1.82) is 0 Å². The Hall–Kier alpha value is -1.99. The number of aromatic nitrogens is 1. The van der Waals surface area contributed by atoms with Crippen LogP contribution < -0.4 is 5.32 Å². The first-order valence-corrected chi connectivity index (χ1v) is 11.7. The lowest BCUT2D eigenvalue weighted by atomic mass is 9.99. The van der Waals surface area contributed by atoms with Gasteiger partial charge >= 0.3 is 0 Å². The molecule has 1 saturated heterocycles. The summed E-state index contributed by atoms with van der Waals surface area (Å²) in [4.78, 5) is 17.7. The number of carbonyl (C=O) groups excluding carboxylic acids is 1. The van der Waals surface area contributed by atoms with Crippen LogP contribution >= 0.6 is 11.3 Å². The van der Waals surface area contributed by atoms with Gasteiger partial charge in [-0.05, 0) is 56.5 Å². The quantitative estimate of drug-likeness (QED) is 0.639. The van der Waals surface area contributed by atoms with Crippen molar-refractivity contribution >= 4 is 22.6 Å². The first kappa shape index (κ1) is 19.9. The average molecular weight is 424 g/mol. The van der Waals surface area contributed by atoms with Crippen molar-refractivity contribution in [2.75, 3.05) is 32.8 Å². The molecule has 158 valence electrons. The Balaban J connectivity index is 1.64. The molecule has 3 aromatic heterocycles. The number of ketones is 1. The Kier molecular flexibility index (Phi) is 5.27. The smallest absolute Gasteiger partial charge is 0.160 e. The fourth-order valence-electron chi connectivity index (χ4n) is 4.92. The fourth-order valence-corrected chi connectivity index (χ4v) is 6.08. The highest BCUT2D eigenvalue weighted by Crippen LogP contribution is 2.36. The molecule has 0 amide bonds. The molecule has 2 aliphatic rings. The van der Waals surface area contributed by atoms with Crippen LogP contribution in [-0.2, 0) is 17.7 Å². The van der Waals surface area contributed by atoms with Gasteiger partial charge in [0.2, 0.25) is 0 Å². The normalized spacial score (nSPS) is 18.5. The van der Waals surface area contributed by atoms with Crippen LogP contribution in [0.3, 0.4) is 0 Å². The summed E-state index contributed by atoms with van der Waals surface area (Å²) in [6, 6.07) is 6.86. The van der Waals surface area contributed by atoms with Gasteiger partial charge in [-0.1, -0.05) is 0 Å². The number of pyridine rings is 1. The summed E-state index contributed by atoms with van der Waals surface area (Å²) >= 11 is 1.91. The Morgan fingerprint density at radius 2 is 2.03 bits per heavy atom. The van der Waals surface area contributed by atoms with E-state index in [1.54, 1.807) is 6.92 Å². The molecule has 1 unspecified atom stereocenters. The third-order valence-corrected chi connectivity index (χ3v) is 7.87. The summed E-state index contributed by atoms with van der Waals surface area (Å²) in [5.41, 5.74) is 6.90. The minimum absolute atomic E-state index is 0.130. The number of hydrogen-bond acceptors (Lipinski definition) is 5. The van der Waals surface area contributed by atoms with Crippen molar-refractivity contribution in [2.24, 2.45) is 0 Å². The molecule has 0 radical (unpaired) electrons. The molecule has 3 aromatic rings. The number of morpholine rings is 1. The summed E-state index contributed by atoms with van der Waals surface area (Å²) in [5.74, 6) is 0.130. The second kappa shape index (κ2) is 7.93. The largest absolute Gasteiger partial charge is 0.379 e. The van der Waals surface area contributed by atoms with E-state index < -0.39 is 0 Å². The van der Waals surface area contributed by atoms with E-state index in [4.69, 9.17) is 4.74 Å². The molecular weight excluding hydrogens is 394 g/mol. The third kappa shape index (κ3) is 3.42. The predicted octanol–water partition coefficient (Wildman–Crippen LogP) is 4.22. The van der Waals surface area contributed by atoms with E-state index in [1.165, 1.54) is 26.6 Å². The molecule has 5 heterocycles. The number of fused-ring (bicyclic) bond motifs is 2. The van der Waals surface area contributed by atoms with Crippen LogP contribution in [0.4, 0.5) is 0 Å². The van der Waals surface area contributed by atoms with E-state index in [1.807, 2.05) is 11.3 Å². The molecule has 0 aromatic carbocycles. The lowest BCUT2D eigenvalue weighted by Gasteiger charge is -2.34. The van der Waals surface area contributed by atoms with E-state index >= 15 is 0 Å². The molecule has 1 N–H and O–H groups in total. The number of ether oxygens (including phenoxy) is 1. The topological polar surface area (TPSA) is 46.0 Å². The zero-order valence-electron chi connectivity index (χ0n) is 18.0. The number of hydrogen-bond donors (Lipinski definition) is 1. The Morgan fingerprint density at radius 3 is 2.77 bits per heavy atom. The number of rotatable bonds is 4. The molecule has 30 heavy (non-hydrogen) atoms. The second-order valence-corrected chi connectivity index (χ2v) is 9.59. The van der Waals surface area contributed by atoms with Gasteiger partial charge < -0.3 is 14.5 Å². The number of carbonyl (C=O) groups is 1. The van der Waals surface area contributed by atoms with Gasteiger partial charge in [-0.2, -0.15) is 0 Å². The maximum atomic E-state index is 12.4. The fraction of sp³-hybridized carbons (Fsp3) is 0.458. The number of thiophene rings is 1. The molecule has 2 aliphatic heterocycles. The van der Waals surface area contributed by atoms with E-state index in [-0.39, 0.29) is 11.8 Å². The Bertz CT molecular complexity index is 1080. The molecule has 5 rings (SSSR count). The zero-order valence-corrected chi connectivity index (χ0v) is 18.8. The van der Waals surface area contributed by atoms with Crippen LogP contribution in [0.1, 0.15) is 51.9 Å². The molecule has 0 bridgehead atoms. The lowest BCUT2D eigenvalue weighted by molar-refractivity contribution is 0.0187. The Morgan fingerprint density at radius 1 is 1.23 bits per heavy atom. The summed E-state index contributed by atoms with van der Waals surface area (Å²) in [7, 11) is 0. The first-order valence-electron chi connectivity index (χ1n) is 10.8. The van der Waals surface area contributed by atoms with E-state index in [9.17, 15) is 4.79 Å². The number of Topliss-reactive ketones (excluding diaryl/α,β-unsaturated/α-hetero) is 1. The Labute approximate surface area is 181 Å². The first-order chi connectivity index (χ1) is 14.5. The summed E-state index contributed by atoms with van der Waals surface area (Å²) < 4.78 is 7.87. The SMILES string of the molecule is CC(=O)c1cc2cc(-c3cc4c(s3)CCNC4)cn2c(C(C)N2CCOCC2)c1C. The predicted molar refractivity (Wildman–Crippen MR) is 122 cm³/mol. The average Bonchev–Trinajstić information content (AvgIpc) is 3.37. The monoisotopic (exact) mass is 423 g/mol. The van der Waals surface area contributed by atoms with Crippen molar-refractivity contribution in [3.63, 3.8) is 0 Å².